The Bertz CT molecular complexity index is 1290. The van der Waals surface area contributed by atoms with Crippen LogP contribution in [0.3, 0.4) is 0 Å². The summed E-state index contributed by atoms with van der Waals surface area (Å²) in [4.78, 5) is 29.2. The number of nitrogens with one attached hydrogen (secondary N) is 2. The lowest BCUT2D eigenvalue weighted by atomic mass is 10.1. The van der Waals surface area contributed by atoms with Gasteiger partial charge >= 0.3 is 0 Å². The van der Waals surface area contributed by atoms with Gasteiger partial charge in [0.2, 0.25) is 5.91 Å². The second-order valence-corrected chi connectivity index (χ2v) is 7.85. The van der Waals surface area contributed by atoms with Crippen molar-refractivity contribution in [3.8, 4) is 5.69 Å². The van der Waals surface area contributed by atoms with Crippen LogP contribution >= 0.6 is 0 Å². The second-order valence-electron chi connectivity index (χ2n) is 7.85. The molecular weight excluding hydrogens is 407 g/mol. The van der Waals surface area contributed by atoms with Crippen molar-refractivity contribution >= 4 is 34.2 Å². The number of carbonyl (C=O) groups excluding carboxylic acids is 2. The molecule has 0 radical (unpaired) electrons. The maximum Gasteiger partial charge on any atom is 0.255 e. The fourth-order valence-corrected chi connectivity index (χ4v) is 3.38. The SMILES string of the molecule is Cc1nc2ccc(C(=O)Nc3ccc(NC(=O)C(C)C)cc3)cc2n1-c1ccc(F)cc1. The van der Waals surface area contributed by atoms with Gasteiger partial charge in [-0.3, -0.25) is 14.2 Å². The van der Waals surface area contributed by atoms with Crippen LogP contribution in [0.4, 0.5) is 15.8 Å². The highest BCUT2D eigenvalue weighted by Crippen LogP contribution is 2.23. The molecule has 0 unspecified atom stereocenters. The molecule has 0 saturated carbocycles. The standard InChI is InChI=1S/C25H23FN4O2/c1-15(2)24(31)28-19-7-9-20(10-8-19)29-25(32)17-4-13-22-23(14-17)30(16(3)27-22)21-11-5-18(26)6-12-21/h4-15H,1-3H3,(H,28,31)(H,29,32). The van der Waals surface area contributed by atoms with Crippen molar-refractivity contribution in [3.05, 3.63) is 83.9 Å². The van der Waals surface area contributed by atoms with Crippen molar-refractivity contribution in [1.29, 1.82) is 0 Å². The van der Waals surface area contributed by atoms with Crippen LogP contribution in [0.15, 0.2) is 66.7 Å². The Morgan fingerprint density at radius 2 is 1.53 bits per heavy atom. The number of carbonyl (C=O) groups is 2. The number of nitrogens with zero attached hydrogens (tertiary/aromatic N) is 2. The van der Waals surface area contributed by atoms with Crippen LogP contribution in [0, 0.1) is 18.7 Å². The highest BCUT2D eigenvalue weighted by atomic mass is 19.1. The molecule has 4 aromatic rings. The number of amides is 2. The Balaban J connectivity index is 1.57. The highest BCUT2D eigenvalue weighted by Gasteiger charge is 2.14. The third-order valence-corrected chi connectivity index (χ3v) is 5.10. The molecule has 0 saturated heterocycles. The first-order chi connectivity index (χ1) is 15.3. The van der Waals surface area contributed by atoms with Gasteiger partial charge in [0.15, 0.2) is 0 Å². The number of hydrogen-bond donors (Lipinski definition) is 2. The van der Waals surface area contributed by atoms with Crippen molar-refractivity contribution < 1.29 is 14.0 Å². The molecular formula is C25H23FN4O2. The largest absolute Gasteiger partial charge is 0.326 e. The molecule has 0 aliphatic carbocycles. The lowest BCUT2D eigenvalue weighted by Gasteiger charge is -2.10. The van der Waals surface area contributed by atoms with E-state index in [-0.39, 0.29) is 23.5 Å². The van der Waals surface area contributed by atoms with Crippen LogP contribution in [0.25, 0.3) is 16.7 Å². The van der Waals surface area contributed by atoms with Crippen LogP contribution in [0.2, 0.25) is 0 Å². The van der Waals surface area contributed by atoms with Gasteiger partial charge in [-0.05, 0) is 73.7 Å². The summed E-state index contributed by atoms with van der Waals surface area (Å²) in [7, 11) is 0. The molecule has 0 aliphatic rings. The quantitative estimate of drug-likeness (QED) is 0.450. The molecule has 2 N–H and O–H groups in total. The fraction of sp³-hybridized carbons (Fsp3) is 0.160. The van der Waals surface area contributed by atoms with E-state index in [1.807, 2.05) is 25.3 Å². The first kappa shape index (κ1) is 21.2. The van der Waals surface area contributed by atoms with Gasteiger partial charge in [-0.1, -0.05) is 13.8 Å². The summed E-state index contributed by atoms with van der Waals surface area (Å²) < 4.78 is 15.2. The van der Waals surface area contributed by atoms with Crippen LogP contribution < -0.4 is 10.6 Å². The average molecular weight is 430 g/mol. The van der Waals surface area contributed by atoms with Crippen LogP contribution in [0.1, 0.15) is 30.0 Å². The van der Waals surface area contributed by atoms with Crippen LogP contribution in [-0.2, 0) is 4.79 Å². The number of halogens is 1. The van der Waals surface area contributed by atoms with E-state index < -0.39 is 0 Å². The van der Waals surface area contributed by atoms with Crippen LogP contribution in [-0.4, -0.2) is 21.4 Å². The van der Waals surface area contributed by atoms with E-state index in [1.54, 1.807) is 54.6 Å². The van der Waals surface area contributed by atoms with Gasteiger partial charge in [0.25, 0.3) is 5.91 Å². The number of anilines is 2. The summed E-state index contributed by atoms with van der Waals surface area (Å²) in [6, 6.07) is 18.4. The maximum atomic E-state index is 13.3. The molecule has 0 atom stereocenters. The summed E-state index contributed by atoms with van der Waals surface area (Å²) >= 11 is 0. The van der Waals surface area contributed by atoms with E-state index in [4.69, 9.17) is 0 Å². The Morgan fingerprint density at radius 1 is 0.906 bits per heavy atom. The van der Waals surface area contributed by atoms with E-state index in [0.717, 1.165) is 22.5 Å². The predicted molar refractivity (Wildman–Crippen MR) is 124 cm³/mol. The smallest absolute Gasteiger partial charge is 0.255 e. The predicted octanol–water partition coefficient (Wildman–Crippen LogP) is 5.32. The number of hydrogen-bond acceptors (Lipinski definition) is 3. The summed E-state index contributed by atoms with van der Waals surface area (Å²) in [6.45, 7) is 5.51. The summed E-state index contributed by atoms with van der Waals surface area (Å²) in [6.07, 6.45) is 0. The third kappa shape index (κ3) is 4.37. The number of benzene rings is 3. The van der Waals surface area contributed by atoms with Gasteiger partial charge in [-0.15, -0.1) is 0 Å². The zero-order valence-electron chi connectivity index (χ0n) is 18.0. The van der Waals surface area contributed by atoms with Gasteiger partial charge in [0.05, 0.1) is 11.0 Å². The normalized spacial score (nSPS) is 11.0. The Hall–Kier alpha value is -4.00. The third-order valence-electron chi connectivity index (χ3n) is 5.10. The first-order valence-electron chi connectivity index (χ1n) is 10.3. The van der Waals surface area contributed by atoms with Crippen molar-refractivity contribution in [1.82, 2.24) is 9.55 Å². The minimum atomic E-state index is -0.314. The molecule has 162 valence electrons. The first-order valence-corrected chi connectivity index (χ1v) is 10.3. The molecule has 0 bridgehead atoms. The van der Waals surface area contributed by atoms with Gasteiger partial charge in [-0.2, -0.15) is 0 Å². The molecule has 0 aliphatic heterocycles. The monoisotopic (exact) mass is 430 g/mol. The molecule has 4 rings (SSSR count). The minimum Gasteiger partial charge on any atom is -0.326 e. The van der Waals surface area contributed by atoms with Crippen molar-refractivity contribution in [2.75, 3.05) is 10.6 Å². The molecule has 6 nitrogen and oxygen atoms in total. The number of imidazole rings is 1. The van der Waals surface area contributed by atoms with E-state index in [9.17, 15) is 14.0 Å². The average Bonchev–Trinajstić information content (AvgIpc) is 3.10. The highest BCUT2D eigenvalue weighted by molar-refractivity contribution is 6.06. The lowest BCUT2D eigenvalue weighted by Crippen LogP contribution is -2.17. The topological polar surface area (TPSA) is 76.0 Å². The molecule has 2 amide bonds. The number of aryl methyl sites for hydroxylation is 1. The van der Waals surface area contributed by atoms with Crippen LogP contribution in [0.5, 0.6) is 0 Å². The fourth-order valence-electron chi connectivity index (χ4n) is 3.38. The lowest BCUT2D eigenvalue weighted by molar-refractivity contribution is -0.118. The molecule has 7 heteroatoms. The minimum absolute atomic E-state index is 0.0665. The zero-order valence-corrected chi connectivity index (χ0v) is 18.0. The molecule has 32 heavy (non-hydrogen) atoms. The number of aromatic nitrogens is 2. The van der Waals surface area contributed by atoms with Crippen molar-refractivity contribution in [3.63, 3.8) is 0 Å². The molecule has 1 aromatic heterocycles. The number of fused-ring (bicyclic) bond motifs is 1. The van der Waals surface area contributed by atoms with Gasteiger partial charge < -0.3 is 10.6 Å². The summed E-state index contributed by atoms with van der Waals surface area (Å²) in [5.41, 5.74) is 4.02. The molecule has 0 spiro atoms. The summed E-state index contributed by atoms with van der Waals surface area (Å²) in [5.74, 6) is -0.0244. The van der Waals surface area contributed by atoms with E-state index in [0.29, 0.717) is 16.9 Å². The van der Waals surface area contributed by atoms with Crippen molar-refractivity contribution in [2.45, 2.75) is 20.8 Å². The Morgan fingerprint density at radius 3 is 2.16 bits per heavy atom. The van der Waals surface area contributed by atoms with E-state index in [1.165, 1.54) is 12.1 Å². The van der Waals surface area contributed by atoms with E-state index >= 15 is 0 Å². The Kier molecular flexibility index (Phi) is 5.73. The zero-order chi connectivity index (χ0) is 22.8. The molecule has 0 fully saturated rings. The van der Waals surface area contributed by atoms with Gasteiger partial charge in [-0.25, -0.2) is 9.37 Å². The summed E-state index contributed by atoms with van der Waals surface area (Å²) in [5, 5.41) is 5.69. The number of rotatable bonds is 5. The van der Waals surface area contributed by atoms with Crippen molar-refractivity contribution in [2.24, 2.45) is 5.92 Å². The molecule has 3 aromatic carbocycles. The molecule has 1 heterocycles. The van der Waals surface area contributed by atoms with Gasteiger partial charge in [0, 0.05) is 28.5 Å². The Labute approximate surface area is 185 Å². The second kappa shape index (κ2) is 8.63. The maximum absolute atomic E-state index is 13.3. The van der Waals surface area contributed by atoms with Gasteiger partial charge in [0.1, 0.15) is 11.6 Å². The van der Waals surface area contributed by atoms with E-state index in [2.05, 4.69) is 15.6 Å².